The predicted octanol–water partition coefficient (Wildman–Crippen LogP) is 5.33. The van der Waals surface area contributed by atoms with Gasteiger partial charge in [-0.2, -0.15) is 0 Å². The zero-order valence-electron chi connectivity index (χ0n) is 11.9. The van der Waals surface area contributed by atoms with E-state index >= 15 is 0 Å². The summed E-state index contributed by atoms with van der Waals surface area (Å²) in [6.07, 6.45) is 1.89. The molecule has 3 nitrogen and oxygen atoms in total. The Kier molecular flexibility index (Phi) is 5.21. The fraction of sp³-hybridized carbons (Fsp3) is 0.188. The van der Waals surface area contributed by atoms with Crippen LogP contribution in [0.3, 0.4) is 0 Å². The fourth-order valence-electron chi connectivity index (χ4n) is 2.32. The molecule has 0 atom stereocenters. The average Bonchev–Trinajstić information content (AvgIpc) is 2.98. The molecule has 3 rings (SSSR count). The monoisotopic (exact) mass is 385 g/mol. The Balaban J connectivity index is 1.82. The molecule has 7 heteroatoms. The molecule has 0 fully saturated rings. The third kappa shape index (κ3) is 3.69. The number of H-pyrrole nitrogens is 1. The molecule has 0 aliphatic heterocycles. The van der Waals surface area contributed by atoms with Crippen LogP contribution in [-0.4, -0.2) is 15.8 Å². The minimum atomic E-state index is -0.325. The highest BCUT2D eigenvalue weighted by atomic mass is 35.5. The van der Waals surface area contributed by atoms with Gasteiger partial charge in [0, 0.05) is 9.90 Å². The van der Waals surface area contributed by atoms with Crippen LogP contribution in [-0.2, 0) is 6.42 Å². The van der Waals surface area contributed by atoms with Gasteiger partial charge in [0.1, 0.15) is 10.6 Å². The molecule has 0 aliphatic rings. The van der Waals surface area contributed by atoms with Gasteiger partial charge in [-0.1, -0.05) is 29.3 Å². The van der Waals surface area contributed by atoms with Crippen molar-refractivity contribution in [2.45, 2.75) is 17.7 Å². The van der Waals surface area contributed by atoms with Gasteiger partial charge in [-0.25, -0.2) is 0 Å². The number of thioether (sulfide) groups is 1. The summed E-state index contributed by atoms with van der Waals surface area (Å²) in [7, 11) is 0. The van der Waals surface area contributed by atoms with E-state index in [1.807, 2.05) is 6.07 Å². The minimum absolute atomic E-state index is 0.0773. The third-order valence-corrected chi connectivity index (χ3v) is 5.97. The maximum Gasteiger partial charge on any atom is 0.265 e. The number of aromatic amines is 1. The van der Waals surface area contributed by atoms with Crippen LogP contribution in [0.15, 0.2) is 39.3 Å². The lowest BCUT2D eigenvalue weighted by molar-refractivity contribution is 0.467. The molecule has 0 saturated carbocycles. The molecular formula is C16H13Cl2NO2S2. The fourth-order valence-corrected chi connectivity index (χ4v) is 4.57. The number of hydrogen-bond donors (Lipinski definition) is 2. The number of benzene rings is 1. The highest BCUT2D eigenvalue weighted by Gasteiger charge is 2.15. The second kappa shape index (κ2) is 7.18. The molecule has 2 N–H and O–H groups in total. The number of halogens is 2. The number of thiophene rings is 1. The van der Waals surface area contributed by atoms with Crippen molar-refractivity contribution in [2.24, 2.45) is 0 Å². The summed E-state index contributed by atoms with van der Waals surface area (Å²) in [5.74, 6) is 0.664. The molecular weight excluding hydrogens is 373 g/mol. The Labute approximate surface area is 151 Å². The SMILES string of the molecule is O=c1[nH]c2cc(Cl)cc(Cl)c2c(O)c1SCCCc1cccs1. The molecule has 120 valence electrons. The highest BCUT2D eigenvalue weighted by Crippen LogP contribution is 2.37. The lowest BCUT2D eigenvalue weighted by Gasteiger charge is -2.09. The van der Waals surface area contributed by atoms with Crippen molar-refractivity contribution in [1.82, 2.24) is 4.98 Å². The molecule has 0 spiro atoms. The van der Waals surface area contributed by atoms with Crippen molar-refractivity contribution in [3.8, 4) is 5.75 Å². The number of aromatic nitrogens is 1. The summed E-state index contributed by atoms with van der Waals surface area (Å²) < 4.78 is 0. The van der Waals surface area contributed by atoms with Crippen molar-refractivity contribution in [1.29, 1.82) is 0 Å². The van der Waals surface area contributed by atoms with Gasteiger partial charge >= 0.3 is 0 Å². The molecule has 23 heavy (non-hydrogen) atoms. The van der Waals surface area contributed by atoms with Crippen LogP contribution in [0.1, 0.15) is 11.3 Å². The zero-order valence-corrected chi connectivity index (χ0v) is 15.1. The van der Waals surface area contributed by atoms with Gasteiger partial charge in [-0.3, -0.25) is 4.79 Å². The smallest absolute Gasteiger partial charge is 0.265 e. The Morgan fingerprint density at radius 3 is 2.87 bits per heavy atom. The van der Waals surface area contributed by atoms with Gasteiger partial charge in [0.2, 0.25) is 0 Å². The van der Waals surface area contributed by atoms with Crippen LogP contribution in [0.25, 0.3) is 10.9 Å². The number of aromatic hydroxyl groups is 1. The number of hydrogen-bond acceptors (Lipinski definition) is 4. The molecule has 0 saturated heterocycles. The zero-order chi connectivity index (χ0) is 16.4. The van der Waals surface area contributed by atoms with E-state index in [-0.39, 0.29) is 11.3 Å². The minimum Gasteiger partial charge on any atom is -0.506 e. The maximum absolute atomic E-state index is 12.2. The number of rotatable bonds is 5. The first-order chi connectivity index (χ1) is 11.1. The maximum atomic E-state index is 12.2. The molecule has 3 aromatic rings. The number of aryl methyl sites for hydroxylation is 1. The van der Waals surface area contributed by atoms with E-state index in [4.69, 9.17) is 23.2 Å². The molecule has 2 heterocycles. The van der Waals surface area contributed by atoms with Crippen LogP contribution in [0, 0.1) is 0 Å². The van der Waals surface area contributed by atoms with Crippen molar-refractivity contribution >= 4 is 57.2 Å². The van der Waals surface area contributed by atoms with Crippen molar-refractivity contribution in [2.75, 3.05) is 5.75 Å². The van der Waals surface area contributed by atoms with E-state index in [1.54, 1.807) is 23.5 Å². The largest absolute Gasteiger partial charge is 0.506 e. The Morgan fingerprint density at radius 1 is 1.30 bits per heavy atom. The summed E-state index contributed by atoms with van der Waals surface area (Å²) in [6, 6.07) is 7.25. The van der Waals surface area contributed by atoms with E-state index < -0.39 is 0 Å². The topological polar surface area (TPSA) is 53.1 Å². The summed E-state index contributed by atoms with van der Waals surface area (Å²) in [4.78, 5) is 16.5. The summed E-state index contributed by atoms with van der Waals surface area (Å²) in [5.41, 5.74) is 0.113. The van der Waals surface area contributed by atoms with Gasteiger partial charge in [-0.15, -0.1) is 23.1 Å². The number of fused-ring (bicyclic) bond motifs is 1. The van der Waals surface area contributed by atoms with Crippen LogP contribution in [0.2, 0.25) is 10.0 Å². The van der Waals surface area contributed by atoms with Crippen molar-refractivity contribution < 1.29 is 5.11 Å². The number of nitrogens with one attached hydrogen (secondary N) is 1. The summed E-state index contributed by atoms with van der Waals surface area (Å²) >= 11 is 15.1. The van der Waals surface area contributed by atoms with E-state index in [0.717, 1.165) is 18.6 Å². The normalized spacial score (nSPS) is 11.2. The van der Waals surface area contributed by atoms with Gasteiger partial charge in [0.15, 0.2) is 0 Å². The lowest BCUT2D eigenvalue weighted by Crippen LogP contribution is -2.09. The van der Waals surface area contributed by atoms with Gasteiger partial charge < -0.3 is 10.1 Å². The summed E-state index contributed by atoms with van der Waals surface area (Å²) in [6.45, 7) is 0. The predicted molar refractivity (Wildman–Crippen MR) is 99.6 cm³/mol. The van der Waals surface area contributed by atoms with E-state index in [0.29, 0.717) is 25.8 Å². The Bertz CT molecular complexity index is 891. The van der Waals surface area contributed by atoms with Gasteiger partial charge in [0.05, 0.1) is 15.9 Å². The van der Waals surface area contributed by atoms with Crippen LogP contribution >= 0.6 is 46.3 Å². The standard InChI is InChI=1S/C16H13Cl2NO2S2/c17-9-7-11(18)13-12(8-9)19-16(21)15(14(13)20)23-6-2-4-10-3-1-5-22-10/h1,3,5,7-8H,2,4,6H2,(H2,19,20,21). The van der Waals surface area contributed by atoms with Gasteiger partial charge in [0.25, 0.3) is 5.56 Å². The highest BCUT2D eigenvalue weighted by molar-refractivity contribution is 7.99. The van der Waals surface area contributed by atoms with Crippen molar-refractivity contribution in [3.05, 3.63) is 54.9 Å². The van der Waals surface area contributed by atoms with Crippen molar-refractivity contribution in [3.63, 3.8) is 0 Å². The molecule has 0 unspecified atom stereocenters. The van der Waals surface area contributed by atoms with Crippen LogP contribution in [0.5, 0.6) is 5.75 Å². The van der Waals surface area contributed by atoms with E-state index in [2.05, 4.69) is 16.4 Å². The molecule has 0 amide bonds. The van der Waals surface area contributed by atoms with E-state index in [1.165, 1.54) is 16.6 Å². The summed E-state index contributed by atoms with van der Waals surface area (Å²) in [5, 5.41) is 13.6. The first-order valence-corrected chi connectivity index (χ1v) is 9.57. The molecule has 0 bridgehead atoms. The van der Waals surface area contributed by atoms with Gasteiger partial charge in [-0.05, 0) is 42.2 Å². The number of pyridine rings is 1. The molecule has 0 radical (unpaired) electrons. The Hall–Kier alpha value is -1.14. The second-order valence-electron chi connectivity index (χ2n) is 4.97. The van der Waals surface area contributed by atoms with Crippen LogP contribution in [0.4, 0.5) is 0 Å². The molecule has 2 aromatic heterocycles. The third-order valence-electron chi connectivity index (χ3n) is 3.36. The molecule has 0 aliphatic carbocycles. The first-order valence-electron chi connectivity index (χ1n) is 6.95. The second-order valence-corrected chi connectivity index (χ2v) is 7.95. The first kappa shape index (κ1) is 16.7. The quantitative estimate of drug-likeness (QED) is 0.461. The van der Waals surface area contributed by atoms with E-state index in [9.17, 15) is 9.90 Å². The Morgan fingerprint density at radius 2 is 2.13 bits per heavy atom. The average molecular weight is 386 g/mol. The molecule has 1 aromatic carbocycles. The van der Waals surface area contributed by atoms with Crippen LogP contribution < -0.4 is 5.56 Å². The lowest BCUT2D eigenvalue weighted by atomic mass is 10.2.